The zero-order valence-electron chi connectivity index (χ0n) is 16.8. The molecule has 0 bridgehead atoms. The molecule has 0 aliphatic rings. The topological polar surface area (TPSA) is 64.1 Å². The molecule has 5 nitrogen and oxygen atoms in total. The molecule has 0 aliphatic carbocycles. The first kappa shape index (κ1) is 21.0. The summed E-state index contributed by atoms with van der Waals surface area (Å²) >= 11 is 1.25. The number of hydrogen-bond acceptors (Lipinski definition) is 5. The first-order valence-corrected chi connectivity index (χ1v) is 10.9. The molecule has 0 unspecified atom stereocenters. The molecule has 152 valence electrons. The average molecular weight is 410 g/mol. The predicted octanol–water partition coefficient (Wildman–Crippen LogP) is 5.16. The van der Waals surface area contributed by atoms with Gasteiger partial charge in [-0.1, -0.05) is 68.7 Å². The van der Waals surface area contributed by atoms with Crippen molar-refractivity contribution in [2.45, 2.75) is 45.4 Å². The number of amides is 1. The number of nitrogens with one attached hydrogen (secondary N) is 1. The molecule has 2 aromatic carbocycles. The van der Waals surface area contributed by atoms with Crippen molar-refractivity contribution in [3.63, 3.8) is 0 Å². The summed E-state index contributed by atoms with van der Waals surface area (Å²) in [6.45, 7) is 2.93. The fraction of sp³-hybridized carbons (Fsp3) is 0.348. The summed E-state index contributed by atoms with van der Waals surface area (Å²) in [7, 11) is 0. The summed E-state index contributed by atoms with van der Waals surface area (Å²) in [5.41, 5.74) is 2.13. The number of unbranched alkanes of at least 4 members (excludes halogenated alkanes) is 3. The lowest BCUT2D eigenvalue weighted by Crippen LogP contribution is -2.26. The summed E-state index contributed by atoms with van der Waals surface area (Å²) in [5, 5.41) is 3.50. The average Bonchev–Trinajstić information content (AvgIpc) is 3.17. The van der Waals surface area contributed by atoms with Crippen molar-refractivity contribution in [2.24, 2.45) is 0 Å². The Labute approximate surface area is 176 Å². The minimum atomic E-state index is 0.0600. The first-order chi connectivity index (χ1) is 14.2. The minimum absolute atomic E-state index is 0.0600. The molecule has 0 radical (unpaired) electrons. The molecule has 0 saturated carbocycles. The smallest absolute Gasteiger partial charge is 0.298 e. The number of ether oxygens (including phenoxy) is 1. The zero-order chi connectivity index (χ0) is 20.3. The van der Waals surface area contributed by atoms with Crippen molar-refractivity contribution in [3.05, 3.63) is 71.5 Å². The van der Waals surface area contributed by atoms with Gasteiger partial charge in [-0.15, -0.1) is 0 Å². The van der Waals surface area contributed by atoms with Crippen molar-refractivity contribution in [1.82, 2.24) is 14.7 Å². The number of carbonyl (C=O) groups excluding carboxylic acids is 1. The third-order valence-electron chi connectivity index (χ3n) is 4.50. The van der Waals surface area contributed by atoms with Gasteiger partial charge in [-0.25, -0.2) is 0 Å². The van der Waals surface area contributed by atoms with Gasteiger partial charge in [-0.2, -0.15) is 9.36 Å². The summed E-state index contributed by atoms with van der Waals surface area (Å²) in [4.78, 5) is 16.5. The highest BCUT2D eigenvalue weighted by atomic mass is 32.1. The second-order valence-corrected chi connectivity index (χ2v) is 7.69. The molecule has 1 amide bonds. The van der Waals surface area contributed by atoms with Gasteiger partial charge >= 0.3 is 0 Å². The van der Waals surface area contributed by atoms with Crippen LogP contribution in [0.4, 0.5) is 0 Å². The van der Waals surface area contributed by atoms with Crippen molar-refractivity contribution in [1.29, 1.82) is 0 Å². The number of hydrogen-bond donors (Lipinski definition) is 1. The fourth-order valence-corrected chi connectivity index (χ4v) is 3.50. The molecule has 3 aromatic rings. The standard InChI is InChI=1S/C23H27N3O2S/c1-2-3-4-8-15-24-22(27)17-19-11-13-20(14-12-19)28-23-25-21(26-29-23)16-18-9-6-5-7-10-18/h5-7,9-14H,2-4,8,15-17H2,1H3,(H,24,27). The van der Waals surface area contributed by atoms with E-state index >= 15 is 0 Å². The number of nitrogens with zero attached hydrogens (tertiary/aromatic N) is 2. The van der Waals surface area contributed by atoms with Crippen LogP contribution in [0.25, 0.3) is 0 Å². The van der Waals surface area contributed by atoms with Crippen LogP contribution in [0.1, 0.15) is 49.6 Å². The second-order valence-electron chi connectivity index (χ2n) is 6.97. The van der Waals surface area contributed by atoms with Crippen LogP contribution >= 0.6 is 11.5 Å². The van der Waals surface area contributed by atoms with Crippen LogP contribution in [0.15, 0.2) is 54.6 Å². The molecular formula is C23H27N3O2S. The van der Waals surface area contributed by atoms with Crippen LogP contribution in [-0.4, -0.2) is 21.8 Å². The fourth-order valence-electron chi connectivity index (χ4n) is 2.93. The molecule has 0 fully saturated rings. The quantitative estimate of drug-likeness (QED) is 0.444. The van der Waals surface area contributed by atoms with Crippen LogP contribution in [0.3, 0.4) is 0 Å². The number of aromatic nitrogens is 2. The van der Waals surface area contributed by atoms with Crippen LogP contribution in [0.5, 0.6) is 10.9 Å². The van der Waals surface area contributed by atoms with Crippen LogP contribution in [0.2, 0.25) is 0 Å². The van der Waals surface area contributed by atoms with E-state index in [2.05, 4.69) is 33.7 Å². The maximum Gasteiger partial charge on any atom is 0.298 e. The summed E-state index contributed by atoms with van der Waals surface area (Å²) in [6.07, 6.45) is 5.71. The van der Waals surface area contributed by atoms with Crippen LogP contribution < -0.4 is 10.1 Å². The van der Waals surface area contributed by atoms with Gasteiger partial charge in [-0.3, -0.25) is 4.79 Å². The summed E-state index contributed by atoms with van der Waals surface area (Å²) < 4.78 is 10.2. The van der Waals surface area contributed by atoms with E-state index in [0.717, 1.165) is 24.4 Å². The number of carbonyl (C=O) groups is 1. The van der Waals surface area contributed by atoms with Crippen molar-refractivity contribution >= 4 is 17.4 Å². The van der Waals surface area contributed by atoms with Gasteiger partial charge < -0.3 is 10.1 Å². The SMILES string of the molecule is CCCCCCNC(=O)Cc1ccc(Oc2nc(Cc3ccccc3)ns2)cc1. The van der Waals surface area contributed by atoms with Gasteiger partial charge in [0.1, 0.15) is 5.75 Å². The van der Waals surface area contributed by atoms with Crippen LogP contribution in [-0.2, 0) is 17.6 Å². The van der Waals surface area contributed by atoms with Crippen LogP contribution in [0, 0.1) is 0 Å². The molecule has 1 aromatic heterocycles. The first-order valence-electron chi connectivity index (χ1n) is 10.1. The maximum absolute atomic E-state index is 12.0. The zero-order valence-corrected chi connectivity index (χ0v) is 17.6. The van der Waals surface area contributed by atoms with Gasteiger partial charge in [0.25, 0.3) is 5.19 Å². The lowest BCUT2D eigenvalue weighted by atomic mass is 10.1. The largest absolute Gasteiger partial charge is 0.430 e. The Hall–Kier alpha value is -2.73. The molecule has 0 aliphatic heterocycles. The minimum Gasteiger partial charge on any atom is -0.430 e. The van der Waals surface area contributed by atoms with Gasteiger partial charge in [0.15, 0.2) is 5.82 Å². The molecule has 0 spiro atoms. The monoisotopic (exact) mass is 409 g/mol. The molecular weight excluding hydrogens is 382 g/mol. The lowest BCUT2D eigenvalue weighted by molar-refractivity contribution is -0.120. The van der Waals surface area contributed by atoms with E-state index in [1.165, 1.54) is 36.4 Å². The van der Waals surface area contributed by atoms with Gasteiger partial charge in [0, 0.05) is 24.5 Å². The van der Waals surface area contributed by atoms with Gasteiger partial charge in [0.2, 0.25) is 5.91 Å². The van der Waals surface area contributed by atoms with Crippen molar-refractivity contribution < 1.29 is 9.53 Å². The number of benzene rings is 2. The van der Waals surface area contributed by atoms with Crippen molar-refractivity contribution in [3.8, 4) is 10.9 Å². The van der Waals surface area contributed by atoms with E-state index in [4.69, 9.17) is 4.74 Å². The lowest BCUT2D eigenvalue weighted by Gasteiger charge is -2.06. The molecule has 1 heterocycles. The molecule has 3 rings (SSSR count). The van der Waals surface area contributed by atoms with Gasteiger partial charge in [0.05, 0.1) is 6.42 Å². The van der Waals surface area contributed by atoms with E-state index in [9.17, 15) is 4.79 Å². The highest BCUT2D eigenvalue weighted by Gasteiger charge is 2.08. The Bertz CT molecular complexity index is 879. The van der Waals surface area contributed by atoms with E-state index in [1.807, 2.05) is 42.5 Å². The predicted molar refractivity (Wildman–Crippen MR) is 117 cm³/mol. The molecule has 6 heteroatoms. The van der Waals surface area contributed by atoms with E-state index < -0.39 is 0 Å². The molecule has 0 saturated heterocycles. The Balaban J connectivity index is 1.45. The van der Waals surface area contributed by atoms with Gasteiger partial charge in [-0.05, 0) is 29.7 Å². The number of rotatable bonds is 11. The Morgan fingerprint density at radius 2 is 1.79 bits per heavy atom. The summed E-state index contributed by atoms with van der Waals surface area (Å²) in [6, 6.07) is 17.7. The summed E-state index contributed by atoms with van der Waals surface area (Å²) in [5.74, 6) is 1.50. The highest BCUT2D eigenvalue weighted by molar-refractivity contribution is 7.07. The second kappa shape index (κ2) is 11.3. The van der Waals surface area contributed by atoms with E-state index in [0.29, 0.717) is 23.8 Å². The van der Waals surface area contributed by atoms with E-state index in [-0.39, 0.29) is 5.91 Å². The third-order valence-corrected chi connectivity index (χ3v) is 5.13. The third kappa shape index (κ3) is 7.31. The highest BCUT2D eigenvalue weighted by Crippen LogP contribution is 2.24. The maximum atomic E-state index is 12.0. The normalized spacial score (nSPS) is 10.7. The molecule has 0 atom stereocenters. The van der Waals surface area contributed by atoms with E-state index in [1.54, 1.807) is 0 Å². The molecule has 29 heavy (non-hydrogen) atoms. The Morgan fingerprint density at radius 1 is 1.00 bits per heavy atom. The Morgan fingerprint density at radius 3 is 2.55 bits per heavy atom. The van der Waals surface area contributed by atoms with Crippen molar-refractivity contribution in [2.75, 3.05) is 6.54 Å². The molecule has 1 N–H and O–H groups in total. The Kier molecular flexibility index (Phi) is 8.19.